The highest BCUT2D eigenvalue weighted by Gasteiger charge is 2.69. The molecular formula is C3H4NO4P. The molecule has 50 valence electrons. The molecule has 0 aromatic heterocycles. The number of rotatable bonds is 1. The summed E-state index contributed by atoms with van der Waals surface area (Å²) in [5.74, 6) is -1.44. The summed E-state index contributed by atoms with van der Waals surface area (Å²) < 4.78 is 0. The van der Waals surface area contributed by atoms with E-state index in [-0.39, 0.29) is 0 Å². The number of carbonyl (C=O) groups excluding carboxylic acids is 1. The second-order valence-electron chi connectivity index (χ2n) is 1.69. The number of nitrogens with two attached hydrogens (primary N) is 1. The predicted octanol–water partition coefficient (Wildman–Crippen LogP) is -1.34. The van der Waals surface area contributed by atoms with E-state index in [9.17, 15) is 9.59 Å². The van der Waals surface area contributed by atoms with Gasteiger partial charge in [-0.05, 0) is 0 Å². The van der Waals surface area contributed by atoms with E-state index in [1.165, 1.54) is 0 Å². The maximum absolute atomic E-state index is 10.3. The molecule has 2 atom stereocenters. The Morgan fingerprint density at radius 3 is 2.11 bits per heavy atom. The van der Waals surface area contributed by atoms with Crippen LogP contribution in [0.2, 0.25) is 0 Å². The molecule has 0 aromatic carbocycles. The largest absolute Gasteiger partial charge is 0.479 e. The fourth-order valence-electron chi connectivity index (χ4n) is 0.411. The molecule has 1 aliphatic heterocycles. The van der Waals surface area contributed by atoms with Gasteiger partial charge < -0.3 is 15.7 Å². The normalized spacial score (nSPS) is 40.7. The summed E-state index contributed by atoms with van der Waals surface area (Å²) in [7, 11) is -2.08. The Balaban J connectivity index is 2.83. The summed E-state index contributed by atoms with van der Waals surface area (Å²) in [4.78, 5) is 28.8. The van der Waals surface area contributed by atoms with Gasteiger partial charge >= 0.3 is 5.97 Å². The first-order chi connectivity index (χ1) is 4.01. The molecule has 9 heavy (non-hydrogen) atoms. The Kier molecular flexibility index (Phi) is 1.10. The third-order valence-electron chi connectivity index (χ3n) is 1.13. The average Bonchev–Trinajstić information content (AvgIpc) is 2.22. The molecule has 0 amide bonds. The van der Waals surface area contributed by atoms with Crippen molar-refractivity contribution in [3.05, 3.63) is 0 Å². The Morgan fingerprint density at radius 2 is 2.11 bits per heavy atom. The second kappa shape index (κ2) is 1.50. The summed E-state index contributed by atoms with van der Waals surface area (Å²) in [6.45, 7) is 0. The molecule has 0 aliphatic carbocycles. The van der Waals surface area contributed by atoms with Gasteiger partial charge in [-0.15, -0.1) is 0 Å². The Morgan fingerprint density at radius 1 is 1.78 bits per heavy atom. The van der Waals surface area contributed by atoms with Crippen molar-refractivity contribution in [1.82, 2.24) is 0 Å². The molecule has 0 saturated carbocycles. The molecule has 5 nitrogen and oxygen atoms in total. The van der Waals surface area contributed by atoms with Crippen LogP contribution in [-0.2, 0) is 9.59 Å². The standard InChI is InChI=1S/C3H4NO4P/c4-3(1(5)6)2(7)9(3)8/h8H,4H2,(H,5,6)/t3-,9?/m1/s1. The molecule has 1 heterocycles. The van der Waals surface area contributed by atoms with Crippen LogP contribution in [0.4, 0.5) is 0 Å². The van der Waals surface area contributed by atoms with Crippen molar-refractivity contribution in [2.75, 3.05) is 0 Å². The predicted molar refractivity (Wildman–Crippen MR) is 28.7 cm³/mol. The molecule has 1 fully saturated rings. The highest BCUT2D eigenvalue weighted by atomic mass is 31.2. The van der Waals surface area contributed by atoms with E-state index in [0.717, 1.165) is 0 Å². The van der Waals surface area contributed by atoms with Crippen molar-refractivity contribution in [2.24, 2.45) is 5.73 Å². The Labute approximate surface area is 51.3 Å². The van der Waals surface area contributed by atoms with Gasteiger partial charge in [0, 0.05) is 0 Å². The lowest BCUT2D eigenvalue weighted by Gasteiger charge is -1.93. The van der Waals surface area contributed by atoms with Crippen molar-refractivity contribution in [1.29, 1.82) is 0 Å². The van der Waals surface area contributed by atoms with Gasteiger partial charge in [-0.3, -0.25) is 4.79 Å². The molecule has 0 radical (unpaired) electrons. The zero-order chi connectivity index (χ0) is 7.23. The summed E-state index contributed by atoms with van der Waals surface area (Å²) in [5, 5.41) is 6.23. The molecule has 1 aliphatic rings. The fraction of sp³-hybridized carbons (Fsp3) is 0.333. The zero-order valence-electron chi connectivity index (χ0n) is 4.24. The van der Waals surface area contributed by atoms with Crippen LogP contribution in [0.3, 0.4) is 0 Å². The van der Waals surface area contributed by atoms with E-state index in [1.807, 2.05) is 0 Å². The fourth-order valence-corrected chi connectivity index (χ4v) is 1.28. The van der Waals surface area contributed by atoms with E-state index in [2.05, 4.69) is 0 Å². The molecular weight excluding hydrogens is 145 g/mol. The topological polar surface area (TPSA) is 101 Å². The number of carbonyl (C=O) groups is 2. The lowest BCUT2D eigenvalue weighted by molar-refractivity contribution is -0.140. The molecule has 0 spiro atoms. The number of hydrogen-bond acceptors (Lipinski definition) is 4. The van der Waals surface area contributed by atoms with Crippen molar-refractivity contribution < 1.29 is 19.6 Å². The van der Waals surface area contributed by atoms with Crippen molar-refractivity contribution in [2.45, 2.75) is 5.28 Å². The van der Waals surface area contributed by atoms with Crippen LogP contribution in [0.1, 0.15) is 0 Å². The van der Waals surface area contributed by atoms with Gasteiger partial charge in [0.25, 0.3) is 0 Å². The zero-order valence-corrected chi connectivity index (χ0v) is 5.13. The Hall–Kier alpha value is -0.510. The van der Waals surface area contributed by atoms with Crippen LogP contribution in [0, 0.1) is 0 Å². The van der Waals surface area contributed by atoms with Crippen molar-refractivity contribution in [3.63, 3.8) is 0 Å². The van der Waals surface area contributed by atoms with Crippen molar-refractivity contribution in [3.8, 4) is 0 Å². The number of carboxylic acid groups (broad SMARTS) is 1. The highest BCUT2D eigenvalue weighted by molar-refractivity contribution is 7.86. The van der Waals surface area contributed by atoms with Gasteiger partial charge in [-0.1, -0.05) is 0 Å². The van der Waals surface area contributed by atoms with Gasteiger partial charge in [0.2, 0.25) is 10.8 Å². The smallest absolute Gasteiger partial charge is 0.339 e. The third kappa shape index (κ3) is 0.594. The SMILES string of the molecule is N[C@@]1(C(=O)O)C(=O)P1O. The van der Waals surface area contributed by atoms with Crippen LogP contribution in [-0.4, -0.2) is 26.8 Å². The molecule has 1 unspecified atom stereocenters. The average molecular weight is 149 g/mol. The first-order valence-corrected chi connectivity index (χ1v) is 3.36. The summed E-state index contributed by atoms with van der Waals surface area (Å²) in [6.07, 6.45) is 0. The summed E-state index contributed by atoms with van der Waals surface area (Å²) in [5.41, 5.74) is 4.15. The van der Waals surface area contributed by atoms with Gasteiger partial charge in [0.1, 0.15) is 8.15 Å². The van der Waals surface area contributed by atoms with E-state index in [0.29, 0.717) is 0 Å². The number of hydrogen-bond donors (Lipinski definition) is 3. The van der Waals surface area contributed by atoms with E-state index in [1.54, 1.807) is 0 Å². The molecule has 0 bridgehead atoms. The monoisotopic (exact) mass is 149 g/mol. The number of carboxylic acids is 1. The molecule has 1 saturated heterocycles. The van der Waals surface area contributed by atoms with Gasteiger partial charge in [0.15, 0.2) is 0 Å². The summed E-state index contributed by atoms with van der Waals surface area (Å²) >= 11 is 0. The first-order valence-electron chi connectivity index (χ1n) is 2.07. The van der Waals surface area contributed by atoms with E-state index in [4.69, 9.17) is 15.7 Å². The van der Waals surface area contributed by atoms with Crippen molar-refractivity contribution >= 4 is 19.6 Å². The minimum atomic E-state index is -2.08. The van der Waals surface area contributed by atoms with Gasteiger partial charge in [-0.25, -0.2) is 4.79 Å². The molecule has 0 aromatic rings. The third-order valence-corrected chi connectivity index (χ3v) is 2.70. The van der Waals surface area contributed by atoms with E-state index >= 15 is 0 Å². The van der Waals surface area contributed by atoms with Gasteiger partial charge in [0.05, 0.1) is 0 Å². The maximum Gasteiger partial charge on any atom is 0.339 e. The minimum Gasteiger partial charge on any atom is -0.479 e. The van der Waals surface area contributed by atoms with Crippen LogP contribution in [0.15, 0.2) is 0 Å². The van der Waals surface area contributed by atoms with Crippen LogP contribution in [0.25, 0.3) is 0 Å². The lowest BCUT2D eigenvalue weighted by Crippen LogP contribution is -2.34. The second-order valence-corrected chi connectivity index (χ2v) is 3.42. The number of aliphatic carboxylic acids is 1. The Bertz CT molecular complexity index is 182. The lowest BCUT2D eigenvalue weighted by atomic mass is 10.4. The first kappa shape index (κ1) is 6.61. The molecule has 1 rings (SSSR count). The molecule has 4 N–H and O–H groups in total. The van der Waals surface area contributed by atoms with Crippen LogP contribution >= 0.6 is 8.15 Å². The minimum absolute atomic E-state index is 0.759. The van der Waals surface area contributed by atoms with E-state index < -0.39 is 24.9 Å². The maximum atomic E-state index is 10.3. The van der Waals surface area contributed by atoms with Crippen LogP contribution in [0.5, 0.6) is 0 Å². The molecule has 6 heteroatoms. The van der Waals surface area contributed by atoms with Gasteiger partial charge in [-0.2, -0.15) is 0 Å². The summed E-state index contributed by atoms with van der Waals surface area (Å²) in [6, 6.07) is 0. The van der Waals surface area contributed by atoms with Crippen LogP contribution < -0.4 is 5.73 Å². The highest BCUT2D eigenvalue weighted by Crippen LogP contribution is 2.63. The quantitative estimate of drug-likeness (QED) is 0.316.